The summed E-state index contributed by atoms with van der Waals surface area (Å²) in [5.41, 5.74) is 0. The van der Waals surface area contributed by atoms with Gasteiger partial charge in [0.1, 0.15) is 12.2 Å². The molecule has 0 aromatic carbocycles. The van der Waals surface area contributed by atoms with Crippen LogP contribution in [0.25, 0.3) is 0 Å². The Bertz CT molecular complexity index is 446. The van der Waals surface area contributed by atoms with Crippen molar-refractivity contribution in [3.8, 4) is 0 Å². The van der Waals surface area contributed by atoms with Crippen molar-refractivity contribution >= 4 is 29.9 Å². The summed E-state index contributed by atoms with van der Waals surface area (Å²) in [6.45, 7) is 9.70. The van der Waals surface area contributed by atoms with E-state index in [1.807, 2.05) is 0 Å². The van der Waals surface area contributed by atoms with E-state index in [9.17, 15) is 0 Å². The number of guanidine groups is 1. The third-order valence-electron chi connectivity index (χ3n) is 3.74. The number of aliphatic hydroxyl groups is 1. The molecule has 0 aliphatic rings. The first kappa shape index (κ1) is 23.1. The molecule has 7 nitrogen and oxygen atoms in total. The summed E-state index contributed by atoms with van der Waals surface area (Å²) in [6, 6.07) is 0. The Kier molecular flexibility index (Phi) is 13.9. The van der Waals surface area contributed by atoms with E-state index in [2.05, 4.69) is 51.2 Å². The van der Waals surface area contributed by atoms with Crippen LogP contribution in [0, 0.1) is 5.92 Å². The van der Waals surface area contributed by atoms with Crippen molar-refractivity contribution in [2.45, 2.75) is 53.0 Å². The van der Waals surface area contributed by atoms with Crippen LogP contribution in [-0.2, 0) is 13.0 Å². The first-order valence-corrected chi connectivity index (χ1v) is 8.74. The molecule has 1 atom stereocenters. The molecule has 140 valence electrons. The lowest BCUT2D eigenvalue weighted by Crippen LogP contribution is -2.39. The fourth-order valence-corrected chi connectivity index (χ4v) is 2.51. The Balaban J connectivity index is 0.00000529. The number of aliphatic imine (C=N–C) groups is 1. The SMILES string of the molecule is CCCC(CCO)CN=C(NCC)NCCn1cnnc1CC.I. The molecule has 1 aromatic rings. The largest absolute Gasteiger partial charge is 0.396 e. The summed E-state index contributed by atoms with van der Waals surface area (Å²) in [5, 5.41) is 23.8. The smallest absolute Gasteiger partial charge is 0.191 e. The summed E-state index contributed by atoms with van der Waals surface area (Å²) in [6.07, 6.45) is 5.69. The molecule has 1 aromatic heterocycles. The summed E-state index contributed by atoms with van der Waals surface area (Å²) in [4.78, 5) is 4.66. The van der Waals surface area contributed by atoms with Crippen molar-refractivity contribution in [2.75, 3.05) is 26.2 Å². The van der Waals surface area contributed by atoms with Gasteiger partial charge in [-0.05, 0) is 25.7 Å². The normalized spacial score (nSPS) is 12.6. The van der Waals surface area contributed by atoms with Gasteiger partial charge in [-0.1, -0.05) is 20.3 Å². The molecule has 0 aliphatic carbocycles. The number of nitrogens with one attached hydrogen (secondary N) is 2. The third-order valence-corrected chi connectivity index (χ3v) is 3.74. The van der Waals surface area contributed by atoms with Gasteiger partial charge in [0.2, 0.25) is 0 Å². The summed E-state index contributed by atoms with van der Waals surface area (Å²) >= 11 is 0. The minimum absolute atomic E-state index is 0. The number of hydrogen-bond donors (Lipinski definition) is 3. The first-order chi connectivity index (χ1) is 11.2. The highest BCUT2D eigenvalue weighted by Gasteiger charge is 2.07. The van der Waals surface area contributed by atoms with Crippen LogP contribution in [-0.4, -0.2) is 52.1 Å². The zero-order valence-corrected chi connectivity index (χ0v) is 17.5. The van der Waals surface area contributed by atoms with Gasteiger partial charge in [-0.25, -0.2) is 0 Å². The lowest BCUT2D eigenvalue weighted by molar-refractivity contribution is 0.253. The van der Waals surface area contributed by atoms with E-state index in [0.29, 0.717) is 5.92 Å². The standard InChI is InChI=1S/C16H32N6O.HI/c1-4-7-14(8-11-23)12-19-16(17-6-3)18-9-10-22-13-20-21-15(22)5-2;/h13-14,23H,4-12H2,1-3H3,(H2,17,18,19);1H. The van der Waals surface area contributed by atoms with Crippen LogP contribution in [0.15, 0.2) is 11.3 Å². The second kappa shape index (κ2) is 14.4. The lowest BCUT2D eigenvalue weighted by Gasteiger charge is -2.15. The molecule has 3 N–H and O–H groups in total. The molecule has 0 spiro atoms. The van der Waals surface area contributed by atoms with Crippen molar-refractivity contribution in [3.05, 3.63) is 12.2 Å². The molecule has 0 saturated heterocycles. The highest BCUT2D eigenvalue weighted by atomic mass is 127. The summed E-state index contributed by atoms with van der Waals surface area (Å²) in [7, 11) is 0. The summed E-state index contributed by atoms with van der Waals surface area (Å²) < 4.78 is 2.06. The van der Waals surface area contributed by atoms with Crippen LogP contribution < -0.4 is 10.6 Å². The van der Waals surface area contributed by atoms with E-state index in [-0.39, 0.29) is 30.6 Å². The second-order valence-electron chi connectivity index (χ2n) is 5.61. The Morgan fingerprint density at radius 2 is 2.08 bits per heavy atom. The van der Waals surface area contributed by atoms with E-state index in [0.717, 1.165) is 63.6 Å². The van der Waals surface area contributed by atoms with Crippen LogP contribution in [0.3, 0.4) is 0 Å². The predicted octanol–water partition coefficient (Wildman–Crippen LogP) is 1.81. The van der Waals surface area contributed by atoms with Gasteiger partial charge >= 0.3 is 0 Å². The number of rotatable bonds is 11. The molecule has 1 unspecified atom stereocenters. The van der Waals surface area contributed by atoms with E-state index < -0.39 is 0 Å². The molecule has 8 heteroatoms. The zero-order chi connectivity index (χ0) is 16.9. The maximum absolute atomic E-state index is 9.13. The quantitative estimate of drug-likeness (QED) is 0.271. The van der Waals surface area contributed by atoms with Crippen molar-refractivity contribution in [1.82, 2.24) is 25.4 Å². The van der Waals surface area contributed by atoms with E-state index in [1.165, 1.54) is 0 Å². The first-order valence-electron chi connectivity index (χ1n) is 8.74. The van der Waals surface area contributed by atoms with Gasteiger partial charge in [-0.2, -0.15) is 0 Å². The fourth-order valence-electron chi connectivity index (χ4n) is 2.51. The maximum atomic E-state index is 9.13. The summed E-state index contributed by atoms with van der Waals surface area (Å²) in [5.74, 6) is 2.28. The monoisotopic (exact) mass is 452 g/mol. The molecule has 0 saturated carbocycles. The van der Waals surface area contributed by atoms with Crippen molar-refractivity contribution in [2.24, 2.45) is 10.9 Å². The number of hydrogen-bond acceptors (Lipinski definition) is 4. The Labute approximate surface area is 162 Å². The Morgan fingerprint density at radius 1 is 1.29 bits per heavy atom. The average molecular weight is 452 g/mol. The van der Waals surface area contributed by atoms with Crippen LogP contribution >= 0.6 is 24.0 Å². The van der Waals surface area contributed by atoms with Gasteiger partial charge in [-0.3, -0.25) is 4.99 Å². The molecule has 1 rings (SSSR count). The molecule has 1 heterocycles. The molecule has 0 aliphatic heterocycles. The van der Waals surface area contributed by atoms with Crippen LogP contribution in [0.5, 0.6) is 0 Å². The van der Waals surface area contributed by atoms with Gasteiger partial charge in [-0.15, -0.1) is 34.2 Å². The highest BCUT2D eigenvalue weighted by Crippen LogP contribution is 2.10. The third kappa shape index (κ3) is 8.81. The zero-order valence-electron chi connectivity index (χ0n) is 15.2. The van der Waals surface area contributed by atoms with Crippen LogP contribution in [0.4, 0.5) is 0 Å². The Hall–Kier alpha value is -0.900. The Morgan fingerprint density at radius 3 is 2.71 bits per heavy atom. The van der Waals surface area contributed by atoms with Crippen molar-refractivity contribution < 1.29 is 5.11 Å². The molecule has 0 fully saturated rings. The van der Waals surface area contributed by atoms with Gasteiger partial charge < -0.3 is 20.3 Å². The molecule has 24 heavy (non-hydrogen) atoms. The average Bonchev–Trinajstić information content (AvgIpc) is 3.00. The van der Waals surface area contributed by atoms with Crippen LogP contribution in [0.1, 0.15) is 45.9 Å². The van der Waals surface area contributed by atoms with Gasteiger partial charge in [0.05, 0.1) is 0 Å². The van der Waals surface area contributed by atoms with E-state index in [4.69, 9.17) is 5.11 Å². The minimum atomic E-state index is 0. The molecule has 0 bridgehead atoms. The van der Waals surface area contributed by atoms with Gasteiger partial charge in [0.15, 0.2) is 5.96 Å². The van der Waals surface area contributed by atoms with Crippen LogP contribution in [0.2, 0.25) is 0 Å². The molecular weight excluding hydrogens is 419 g/mol. The molecule has 0 radical (unpaired) electrons. The topological polar surface area (TPSA) is 87.4 Å². The number of aryl methyl sites for hydroxylation is 1. The maximum Gasteiger partial charge on any atom is 0.191 e. The fraction of sp³-hybridized carbons (Fsp3) is 0.812. The van der Waals surface area contributed by atoms with Gasteiger partial charge in [0, 0.05) is 39.2 Å². The van der Waals surface area contributed by atoms with E-state index in [1.54, 1.807) is 6.33 Å². The number of nitrogens with zero attached hydrogens (tertiary/aromatic N) is 4. The van der Waals surface area contributed by atoms with E-state index >= 15 is 0 Å². The number of aliphatic hydroxyl groups excluding tert-OH is 1. The number of halogens is 1. The minimum Gasteiger partial charge on any atom is -0.396 e. The lowest BCUT2D eigenvalue weighted by atomic mass is 10.0. The van der Waals surface area contributed by atoms with Gasteiger partial charge in [0.25, 0.3) is 0 Å². The number of aromatic nitrogens is 3. The molecular formula is C16H33IN6O. The van der Waals surface area contributed by atoms with Crippen molar-refractivity contribution in [1.29, 1.82) is 0 Å². The molecule has 0 amide bonds. The van der Waals surface area contributed by atoms with Crippen molar-refractivity contribution in [3.63, 3.8) is 0 Å². The predicted molar refractivity (Wildman–Crippen MR) is 109 cm³/mol. The highest BCUT2D eigenvalue weighted by molar-refractivity contribution is 14.0. The second-order valence-corrected chi connectivity index (χ2v) is 5.61.